The molecule has 1 saturated heterocycles. The number of urea groups is 1. The minimum absolute atomic E-state index is 0.127. The molecular formula is C12H21N3O4. The van der Waals surface area contributed by atoms with Crippen molar-refractivity contribution in [2.45, 2.75) is 45.2 Å². The number of hydrogen-bond donors (Lipinski definition) is 3. The first-order valence-electron chi connectivity index (χ1n) is 6.50. The maximum Gasteiger partial charge on any atom is 0.325 e. The van der Waals surface area contributed by atoms with Crippen molar-refractivity contribution in [3.8, 4) is 0 Å². The number of hydrogen-bond acceptors (Lipinski definition) is 3. The van der Waals surface area contributed by atoms with Crippen molar-refractivity contribution in [1.29, 1.82) is 0 Å². The van der Waals surface area contributed by atoms with Crippen molar-refractivity contribution < 1.29 is 19.5 Å². The molecule has 0 bridgehead atoms. The number of likely N-dealkylation sites (tertiary alicyclic amines) is 1. The quantitative estimate of drug-likeness (QED) is 0.678. The Labute approximate surface area is 112 Å². The normalized spacial score (nSPS) is 18.3. The molecule has 0 aromatic carbocycles. The molecule has 1 unspecified atom stereocenters. The number of carboxylic acids is 1. The Morgan fingerprint density at radius 3 is 2.05 bits per heavy atom. The number of nitrogens with one attached hydrogen (secondary N) is 2. The molecule has 0 aromatic heterocycles. The van der Waals surface area contributed by atoms with Crippen molar-refractivity contribution in [1.82, 2.24) is 15.5 Å². The highest BCUT2D eigenvalue weighted by Crippen LogP contribution is 2.09. The van der Waals surface area contributed by atoms with Gasteiger partial charge in [0.25, 0.3) is 0 Å². The van der Waals surface area contributed by atoms with Crippen molar-refractivity contribution in [3.63, 3.8) is 0 Å². The monoisotopic (exact) mass is 271 g/mol. The van der Waals surface area contributed by atoms with Crippen LogP contribution in [-0.2, 0) is 9.59 Å². The summed E-state index contributed by atoms with van der Waals surface area (Å²) in [5.74, 6) is -1.25. The van der Waals surface area contributed by atoms with Crippen LogP contribution in [0.4, 0.5) is 4.79 Å². The standard InChI is InChI=1S/C12H21N3O4/c1-8(10(16)15-6-4-3-5-7-15)13-12(19)14-9(2)11(17)18/h8-9H,3-7H2,1-2H3,(H,17,18)(H2,13,14,19)/t8?,9-/m1/s1. The predicted molar refractivity (Wildman–Crippen MR) is 68.7 cm³/mol. The van der Waals surface area contributed by atoms with Crippen LogP contribution in [0, 0.1) is 0 Å². The molecule has 1 aliphatic rings. The minimum Gasteiger partial charge on any atom is -0.480 e. The second-order valence-electron chi connectivity index (χ2n) is 4.79. The van der Waals surface area contributed by atoms with Crippen LogP contribution >= 0.6 is 0 Å². The molecule has 2 atom stereocenters. The third kappa shape index (κ3) is 4.76. The van der Waals surface area contributed by atoms with E-state index >= 15 is 0 Å². The third-order valence-corrected chi connectivity index (χ3v) is 3.10. The summed E-state index contributed by atoms with van der Waals surface area (Å²) in [6, 6.07) is -2.29. The summed E-state index contributed by atoms with van der Waals surface area (Å²) < 4.78 is 0. The fraction of sp³-hybridized carbons (Fsp3) is 0.750. The predicted octanol–water partition coefficient (Wildman–Crippen LogP) is 0.160. The maximum absolute atomic E-state index is 12.0. The largest absolute Gasteiger partial charge is 0.480 e. The Kier molecular flexibility index (Phi) is 5.59. The van der Waals surface area contributed by atoms with Gasteiger partial charge in [0.2, 0.25) is 5.91 Å². The summed E-state index contributed by atoms with van der Waals surface area (Å²) >= 11 is 0. The van der Waals surface area contributed by atoms with Gasteiger partial charge in [0.1, 0.15) is 12.1 Å². The molecule has 1 rings (SSSR count). The lowest BCUT2D eigenvalue weighted by Gasteiger charge is -2.29. The molecule has 19 heavy (non-hydrogen) atoms. The highest BCUT2D eigenvalue weighted by Gasteiger charge is 2.24. The Morgan fingerprint density at radius 2 is 1.53 bits per heavy atom. The molecule has 3 N–H and O–H groups in total. The van der Waals surface area contributed by atoms with E-state index < -0.39 is 24.1 Å². The van der Waals surface area contributed by atoms with E-state index in [-0.39, 0.29) is 5.91 Å². The highest BCUT2D eigenvalue weighted by molar-refractivity contribution is 5.88. The van der Waals surface area contributed by atoms with E-state index in [1.807, 2.05) is 0 Å². The number of amides is 3. The highest BCUT2D eigenvalue weighted by atomic mass is 16.4. The molecule has 7 nitrogen and oxygen atoms in total. The number of carbonyl (C=O) groups is 3. The number of carbonyl (C=O) groups excluding carboxylic acids is 2. The second kappa shape index (κ2) is 6.96. The van der Waals surface area contributed by atoms with Gasteiger partial charge in [-0.1, -0.05) is 0 Å². The lowest BCUT2D eigenvalue weighted by atomic mass is 10.1. The Bertz CT molecular complexity index is 353. The fourth-order valence-corrected chi connectivity index (χ4v) is 1.95. The maximum atomic E-state index is 12.0. The van der Waals surface area contributed by atoms with Crippen LogP contribution in [0.25, 0.3) is 0 Å². The van der Waals surface area contributed by atoms with Crippen LogP contribution in [-0.4, -0.2) is 53.1 Å². The summed E-state index contributed by atoms with van der Waals surface area (Å²) in [5.41, 5.74) is 0. The summed E-state index contributed by atoms with van der Waals surface area (Å²) in [5, 5.41) is 13.4. The Morgan fingerprint density at radius 1 is 1.00 bits per heavy atom. The zero-order chi connectivity index (χ0) is 14.4. The van der Waals surface area contributed by atoms with E-state index in [1.165, 1.54) is 6.92 Å². The van der Waals surface area contributed by atoms with Crippen molar-refractivity contribution in [2.75, 3.05) is 13.1 Å². The average Bonchev–Trinajstić information content (AvgIpc) is 2.38. The first kappa shape index (κ1) is 15.3. The van der Waals surface area contributed by atoms with Crippen LogP contribution in [0.3, 0.4) is 0 Å². The molecule has 1 heterocycles. The topological polar surface area (TPSA) is 98.7 Å². The summed E-state index contributed by atoms with van der Waals surface area (Å²) in [4.78, 5) is 35.8. The molecule has 0 saturated carbocycles. The average molecular weight is 271 g/mol. The molecule has 7 heteroatoms. The van der Waals surface area contributed by atoms with Gasteiger partial charge >= 0.3 is 12.0 Å². The SMILES string of the molecule is CC(NC(=O)N[C@H](C)C(=O)O)C(=O)N1CCCCC1. The third-order valence-electron chi connectivity index (χ3n) is 3.10. The van der Waals surface area contributed by atoms with E-state index in [0.29, 0.717) is 0 Å². The Balaban J connectivity index is 2.40. The molecule has 3 amide bonds. The van der Waals surface area contributed by atoms with Crippen molar-refractivity contribution in [3.05, 3.63) is 0 Å². The summed E-state index contributed by atoms with van der Waals surface area (Å²) in [7, 11) is 0. The zero-order valence-corrected chi connectivity index (χ0v) is 11.3. The molecule has 1 aliphatic heterocycles. The van der Waals surface area contributed by atoms with E-state index in [2.05, 4.69) is 10.6 Å². The molecule has 0 aliphatic carbocycles. The van der Waals surface area contributed by atoms with Gasteiger partial charge in [0.15, 0.2) is 0 Å². The van der Waals surface area contributed by atoms with Crippen LogP contribution in [0.15, 0.2) is 0 Å². The van der Waals surface area contributed by atoms with E-state index in [0.717, 1.165) is 32.4 Å². The van der Waals surface area contributed by atoms with Gasteiger partial charge in [-0.05, 0) is 33.1 Å². The van der Waals surface area contributed by atoms with Gasteiger partial charge < -0.3 is 20.6 Å². The van der Waals surface area contributed by atoms with Gasteiger partial charge in [-0.25, -0.2) is 4.79 Å². The fourth-order valence-electron chi connectivity index (χ4n) is 1.95. The number of rotatable bonds is 4. The van der Waals surface area contributed by atoms with Gasteiger partial charge in [0.05, 0.1) is 0 Å². The molecule has 0 spiro atoms. The molecule has 0 aromatic rings. The Hall–Kier alpha value is -1.79. The van der Waals surface area contributed by atoms with Crippen molar-refractivity contribution in [2.24, 2.45) is 0 Å². The number of carboxylic acid groups (broad SMARTS) is 1. The lowest BCUT2D eigenvalue weighted by molar-refractivity contribution is -0.138. The summed E-state index contributed by atoms with van der Waals surface area (Å²) in [6.07, 6.45) is 3.10. The van der Waals surface area contributed by atoms with Crippen LogP contribution < -0.4 is 10.6 Å². The van der Waals surface area contributed by atoms with Gasteiger partial charge in [-0.3, -0.25) is 9.59 Å². The van der Waals surface area contributed by atoms with Gasteiger partial charge in [-0.2, -0.15) is 0 Å². The van der Waals surface area contributed by atoms with E-state index in [4.69, 9.17) is 5.11 Å². The second-order valence-corrected chi connectivity index (χ2v) is 4.79. The molecular weight excluding hydrogens is 250 g/mol. The van der Waals surface area contributed by atoms with E-state index in [9.17, 15) is 14.4 Å². The molecule has 108 valence electrons. The van der Waals surface area contributed by atoms with Gasteiger partial charge in [-0.15, -0.1) is 0 Å². The van der Waals surface area contributed by atoms with Gasteiger partial charge in [0, 0.05) is 13.1 Å². The van der Waals surface area contributed by atoms with Crippen LogP contribution in [0.5, 0.6) is 0 Å². The van der Waals surface area contributed by atoms with Crippen LogP contribution in [0.1, 0.15) is 33.1 Å². The van der Waals surface area contributed by atoms with Crippen molar-refractivity contribution >= 4 is 17.9 Å². The van der Waals surface area contributed by atoms with E-state index in [1.54, 1.807) is 11.8 Å². The minimum atomic E-state index is -1.12. The number of piperidine rings is 1. The number of aliphatic carboxylic acids is 1. The first-order valence-corrected chi connectivity index (χ1v) is 6.50. The van der Waals surface area contributed by atoms with Crippen LogP contribution in [0.2, 0.25) is 0 Å². The lowest BCUT2D eigenvalue weighted by Crippen LogP contribution is -2.53. The number of nitrogens with zero attached hydrogens (tertiary/aromatic N) is 1. The molecule has 0 radical (unpaired) electrons. The summed E-state index contributed by atoms with van der Waals surface area (Å²) in [6.45, 7) is 4.40. The first-order chi connectivity index (χ1) is 8.91. The zero-order valence-electron chi connectivity index (χ0n) is 11.3. The molecule has 1 fully saturated rings. The smallest absolute Gasteiger partial charge is 0.325 e.